The number of aryl methyl sites for hydroxylation is 1. The molecule has 148 valence electrons. The van der Waals surface area contributed by atoms with Crippen LogP contribution in [0.25, 0.3) is 0 Å². The van der Waals surface area contributed by atoms with E-state index in [0.717, 1.165) is 10.1 Å². The van der Waals surface area contributed by atoms with Crippen molar-refractivity contribution in [3.8, 4) is 0 Å². The summed E-state index contributed by atoms with van der Waals surface area (Å²) in [6.07, 6.45) is 2.62. The zero-order chi connectivity index (χ0) is 19.1. The van der Waals surface area contributed by atoms with Gasteiger partial charge in [-0.2, -0.15) is 0 Å². The molecule has 0 aromatic carbocycles. The molecule has 2 aliphatic rings. The van der Waals surface area contributed by atoms with Crippen LogP contribution in [-0.2, 0) is 23.6 Å². The van der Waals surface area contributed by atoms with Crippen molar-refractivity contribution in [2.75, 3.05) is 25.9 Å². The first-order valence-electron chi connectivity index (χ1n) is 8.74. The van der Waals surface area contributed by atoms with Gasteiger partial charge in [-0.3, -0.25) is 4.90 Å². The molecule has 1 saturated heterocycles. The second kappa shape index (κ2) is 7.12. The first-order valence-corrected chi connectivity index (χ1v) is 10.4. The lowest BCUT2D eigenvalue weighted by Crippen LogP contribution is -2.47. The number of hydrogen-bond donors (Lipinski definition) is 0. The Kier molecular flexibility index (Phi) is 5.38. The quantitative estimate of drug-likeness (QED) is 0.706. The van der Waals surface area contributed by atoms with E-state index < -0.39 is 33.8 Å². The van der Waals surface area contributed by atoms with Crippen molar-refractivity contribution >= 4 is 10.0 Å². The Labute approximate surface area is 152 Å². The van der Waals surface area contributed by atoms with Gasteiger partial charge in [-0.15, -0.1) is 0 Å². The van der Waals surface area contributed by atoms with Gasteiger partial charge in [-0.25, -0.2) is 30.9 Å². The molecule has 0 spiro atoms. The lowest BCUT2D eigenvalue weighted by atomic mass is 9.82. The van der Waals surface area contributed by atoms with E-state index in [-0.39, 0.29) is 38.4 Å². The van der Waals surface area contributed by atoms with Gasteiger partial charge in [0, 0.05) is 58.0 Å². The van der Waals surface area contributed by atoms with Gasteiger partial charge in [-0.05, 0) is 12.8 Å². The number of halogens is 3. The third kappa shape index (κ3) is 4.07. The fourth-order valence-electron chi connectivity index (χ4n) is 3.60. The van der Waals surface area contributed by atoms with Crippen LogP contribution < -0.4 is 0 Å². The van der Waals surface area contributed by atoms with Crippen LogP contribution in [0, 0.1) is 5.92 Å². The molecule has 6 nitrogen and oxygen atoms in total. The number of sulfonamides is 1. The van der Waals surface area contributed by atoms with Crippen LogP contribution >= 0.6 is 0 Å². The van der Waals surface area contributed by atoms with Crippen molar-refractivity contribution in [2.24, 2.45) is 13.0 Å². The first-order chi connectivity index (χ1) is 12.1. The summed E-state index contributed by atoms with van der Waals surface area (Å²) in [7, 11) is -0.578. The molecule has 0 radical (unpaired) electrons. The Morgan fingerprint density at radius 2 is 2.15 bits per heavy atom. The molecule has 2 heterocycles. The van der Waals surface area contributed by atoms with E-state index in [9.17, 15) is 21.6 Å². The second-order valence-corrected chi connectivity index (χ2v) is 9.55. The Morgan fingerprint density at radius 1 is 1.42 bits per heavy atom. The molecule has 2 fully saturated rings. The molecule has 3 atom stereocenters. The summed E-state index contributed by atoms with van der Waals surface area (Å²) in [4.78, 5) is 6.10. The highest BCUT2D eigenvalue weighted by molar-refractivity contribution is 7.89. The second-order valence-electron chi connectivity index (χ2n) is 7.43. The highest BCUT2D eigenvalue weighted by Gasteiger charge is 2.50. The maximum Gasteiger partial charge on any atom is 0.251 e. The van der Waals surface area contributed by atoms with Crippen molar-refractivity contribution in [1.29, 1.82) is 0 Å². The Morgan fingerprint density at radius 3 is 2.69 bits per heavy atom. The maximum absolute atomic E-state index is 13.9. The minimum Gasteiger partial charge on any atom is -0.337 e. The van der Waals surface area contributed by atoms with Gasteiger partial charge in [0.1, 0.15) is 12.0 Å². The largest absolute Gasteiger partial charge is 0.337 e. The molecule has 0 amide bonds. The Hall–Kier alpha value is -1.13. The number of likely N-dealkylation sites (N-methyl/N-ethyl adjacent to an activating group) is 1. The smallest absolute Gasteiger partial charge is 0.251 e. The lowest BCUT2D eigenvalue weighted by Gasteiger charge is -2.37. The van der Waals surface area contributed by atoms with Gasteiger partial charge < -0.3 is 4.57 Å². The van der Waals surface area contributed by atoms with E-state index in [1.165, 1.54) is 7.05 Å². The SMILES string of the molecule is CN(C[C@@H]1C[C@H](F)CN1Cc1nccn1C)S(=O)(=O)CC1CCC1(F)F. The zero-order valence-electron chi connectivity index (χ0n) is 15.0. The molecule has 1 aromatic heterocycles. The zero-order valence-corrected chi connectivity index (χ0v) is 15.8. The molecule has 1 unspecified atom stereocenters. The number of imidazole rings is 1. The molecular formula is C16H25F3N4O2S. The molecule has 1 aliphatic heterocycles. The third-order valence-electron chi connectivity index (χ3n) is 5.52. The van der Waals surface area contributed by atoms with E-state index in [4.69, 9.17) is 0 Å². The van der Waals surface area contributed by atoms with Crippen LogP contribution in [0.5, 0.6) is 0 Å². The van der Waals surface area contributed by atoms with E-state index >= 15 is 0 Å². The highest BCUT2D eigenvalue weighted by atomic mass is 32.2. The number of alkyl halides is 3. The van der Waals surface area contributed by atoms with Crippen molar-refractivity contribution < 1.29 is 21.6 Å². The number of likely N-dealkylation sites (tertiary alicyclic amines) is 1. The van der Waals surface area contributed by atoms with Crippen LogP contribution in [0.3, 0.4) is 0 Å². The van der Waals surface area contributed by atoms with Gasteiger partial charge in [0.15, 0.2) is 0 Å². The van der Waals surface area contributed by atoms with Crippen molar-refractivity contribution in [2.45, 2.75) is 43.9 Å². The van der Waals surface area contributed by atoms with Crippen LogP contribution in [-0.4, -0.2) is 71.2 Å². The molecule has 1 aromatic rings. The number of rotatable bonds is 7. The summed E-state index contributed by atoms with van der Waals surface area (Å²) in [5, 5.41) is 0. The molecule has 1 aliphatic carbocycles. The summed E-state index contributed by atoms with van der Waals surface area (Å²) < 4.78 is 68.6. The average molecular weight is 394 g/mol. The molecule has 0 N–H and O–H groups in total. The number of hydrogen-bond acceptors (Lipinski definition) is 4. The van der Waals surface area contributed by atoms with Crippen LogP contribution in [0.4, 0.5) is 13.2 Å². The normalized spacial score (nSPS) is 29.2. The summed E-state index contributed by atoms with van der Waals surface area (Å²) in [5.74, 6) is -3.79. The Bertz CT molecular complexity index is 740. The van der Waals surface area contributed by atoms with E-state index in [2.05, 4.69) is 4.98 Å². The topological polar surface area (TPSA) is 58.4 Å². The van der Waals surface area contributed by atoms with Gasteiger partial charge >= 0.3 is 0 Å². The lowest BCUT2D eigenvalue weighted by molar-refractivity contribution is -0.122. The fraction of sp³-hybridized carbons (Fsp3) is 0.812. The summed E-state index contributed by atoms with van der Waals surface area (Å²) >= 11 is 0. The predicted molar refractivity (Wildman–Crippen MR) is 91.0 cm³/mol. The molecule has 26 heavy (non-hydrogen) atoms. The Balaban J connectivity index is 1.63. The number of nitrogens with zero attached hydrogens (tertiary/aromatic N) is 4. The molecule has 1 saturated carbocycles. The molecular weight excluding hydrogens is 369 g/mol. The molecule has 3 rings (SSSR count). The van der Waals surface area contributed by atoms with Gasteiger partial charge in [0.2, 0.25) is 10.0 Å². The number of aromatic nitrogens is 2. The maximum atomic E-state index is 13.9. The van der Waals surface area contributed by atoms with Gasteiger partial charge in [-0.1, -0.05) is 0 Å². The fourth-order valence-corrected chi connectivity index (χ4v) is 5.17. The molecule has 0 bridgehead atoms. The van der Waals surface area contributed by atoms with E-state index in [1.54, 1.807) is 12.4 Å². The summed E-state index contributed by atoms with van der Waals surface area (Å²) in [6, 6.07) is -0.302. The first kappa shape index (κ1) is 19.6. The van der Waals surface area contributed by atoms with E-state index in [0.29, 0.717) is 6.54 Å². The minimum absolute atomic E-state index is 0.0888. The van der Waals surface area contributed by atoms with Gasteiger partial charge in [0.25, 0.3) is 5.92 Å². The van der Waals surface area contributed by atoms with E-state index in [1.807, 2.05) is 16.5 Å². The van der Waals surface area contributed by atoms with Crippen LogP contribution in [0.2, 0.25) is 0 Å². The summed E-state index contributed by atoms with van der Waals surface area (Å²) in [5.41, 5.74) is 0. The third-order valence-corrected chi connectivity index (χ3v) is 7.44. The predicted octanol–water partition coefficient (Wildman–Crippen LogP) is 1.64. The van der Waals surface area contributed by atoms with Gasteiger partial charge in [0.05, 0.1) is 12.3 Å². The molecule has 10 heteroatoms. The van der Waals surface area contributed by atoms with Crippen molar-refractivity contribution in [1.82, 2.24) is 18.8 Å². The highest BCUT2D eigenvalue weighted by Crippen LogP contribution is 2.44. The summed E-state index contributed by atoms with van der Waals surface area (Å²) in [6.45, 7) is 0.723. The standard InChI is InChI=1S/C16H25F3N4O2S/c1-21-6-5-20-15(21)10-23-8-13(17)7-14(23)9-22(2)26(24,25)11-12-3-4-16(12,18)19/h5-6,12-14H,3-4,7-11H2,1-2H3/t12?,13-,14-/m0/s1. The average Bonchev–Trinajstić information content (AvgIpc) is 3.10. The van der Waals surface area contributed by atoms with Crippen molar-refractivity contribution in [3.05, 3.63) is 18.2 Å². The monoisotopic (exact) mass is 394 g/mol. The van der Waals surface area contributed by atoms with Crippen molar-refractivity contribution in [3.63, 3.8) is 0 Å². The minimum atomic E-state index is -3.81. The van der Waals surface area contributed by atoms with Crippen LogP contribution in [0.1, 0.15) is 25.1 Å². The van der Waals surface area contributed by atoms with Crippen LogP contribution in [0.15, 0.2) is 12.4 Å².